The van der Waals surface area contributed by atoms with Gasteiger partial charge in [-0.2, -0.15) is 0 Å². The maximum Gasteiger partial charge on any atom is 0.251 e. The molecule has 0 aliphatic carbocycles. The summed E-state index contributed by atoms with van der Waals surface area (Å²) >= 11 is 12.0. The molecule has 3 aromatic rings. The molecule has 0 amide bonds. The molecule has 2 aromatic carbocycles. The van der Waals surface area contributed by atoms with Crippen molar-refractivity contribution in [2.45, 2.75) is 13.2 Å². The third-order valence-electron chi connectivity index (χ3n) is 3.55. The summed E-state index contributed by atoms with van der Waals surface area (Å²) in [5.41, 5.74) is 1.99. The molecule has 3 rings (SSSR count). The zero-order valence-electron chi connectivity index (χ0n) is 13.0. The zero-order valence-corrected chi connectivity index (χ0v) is 14.6. The number of aliphatic hydroxyl groups excluding tert-OH is 1. The predicted molar refractivity (Wildman–Crippen MR) is 96.3 cm³/mol. The van der Waals surface area contributed by atoms with Crippen LogP contribution in [-0.2, 0) is 13.2 Å². The van der Waals surface area contributed by atoms with Crippen LogP contribution >= 0.6 is 23.2 Å². The maximum absolute atomic E-state index is 14.4. The van der Waals surface area contributed by atoms with Gasteiger partial charge in [-0.3, -0.25) is 0 Å². The number of nitrogens with zero attached hydrogens (tertiary/aromatic N) is 1. The first kappa shape index (κ1) is 17.7. The molecule has 6 heteroatoms. The molecule has 0 radical (unpaired) electrons. The lowest BCUT2D eigenvalue weighted by Crippen LogP contribution is -2.04. The van der Waals surface area contributed by atoms with E-state index in [2.05, 4.69) is 4.98 Å². The van der Waals surface area contributed by atoms with Crippen LogP contribution in [0.25, 0.3) is 11.3 Å². The van der Waals surface area contributed by atoms with Gasteiger partial charge in [-0.05, 0) is 29.8 Å². The van der Waals surface area contributed by atoms with Gasteiger partial charge in [0.25, 0.3) is 5.88 Å². The van der Waals surface area contributed by atoms with E-state index in [4.69, 9.17) is 27.9 Å². The molecular formula is C19H14Cl2FNO2. The Morgan fingerprint density at radius 3 is 2.32 bits per heavy atom. The number of aromatic nitrogens is 1. The number of aliphatic hydroxyl groups is 1. The molecule has 0 fully saturated rings. The molecule has 0 aliphatic heterocycles. The van der Waals surface area contributed by atoms with Crippen molar-refractivity contribution in [1.29, 1.82) is 0 Å². The Morgan fingerprint density at radius 2 is 1.68 bits per heavy atom. The van der Waals surface area contributed by atoms with Gasteiger partial charge in [-0.25, -0.2) is 9.37 Å². The lowest BCUT2D eigenvalue weighted by Gasteiger charge is -2.12. The monoisotopic (exact) mass is 377 g/mol. The fraction of sp³-hybridized carbons (Fsp3) is 0.105. The van der Waals surface area contributed by atoms with Crippen LogP contribution in [-0.4, -0.2) is 10.1 Å². The van der Waals surface area contributed by atoms with E-state index in [9.17, 15) is 9.50 Å². The number of ether oxygens (including phenoxy) is 1. The standard InChI is InChI=1S/C19H14Cl2FNO2/c20-15-6-13(7-16(21)9-15)17-8-14(10-24)18(22)19(23-17)25-11-12-4-2-1-3-5-12/h1-9,24H,10-11H2. The Morgan fingerprint density at radius 1 is 1.00 bits per heavy atom. The van der Waals surface area contributed by atoms with Crippen molar-refractivity contribution in [3.63, 3.8) is 0 Å². The summed E-state index contributed by atoms with van der Waals surface area (Å²) in [6.07, 6.45) is 0. The van der Waals surface area contributed by atoms with Gasteiger partial charge in [0, 0.05) is 21.2 Å². The molecule has 0 bridgehead atoms. The van der Waals surface area contributed by atoms with E-state index >= 15 is 0 Å². The molecule has 0 saturated carbocycles. The van der Waals surface area contributed by atoms with Crippen LogP contribution in [0.3, 0.4) is 0 Å². The van der Waals surface area contributed by atoms with Crippen LogP contribution in [0.2, 0.25) is 10.0 Å². The second-order valence-electron chi connectivity index (χ2n) is 5.38. The molecule has 128 valence electrons. The van der Waals surface area contributed by atoms with E-state index in [1.807, 2.05) is 30.3 Å². The number of rotatable bonds is 5. The molecule has 0 atom stereocenters. The fourth-order valence-corrected chi connectivity index (χ4v) is 2.87. The Balaban J connectivity index is 1.97. The third kappa shape index (κ3) is 4.28. The van der Waals surface area contributed by atoms with Crippen LogP contribution in [0.5, 0.6) is 5.88 Å². The molecule has 0 aliphatic rings. The average Bonchev–Trinajstić information content (AvgIpc) is 2.61. The molecular weight excluding hydrogens is 364 g/mol. The summed E-state index contributed by atoms with van der Waals surface area (Å²) in [6.45, 7) is -0.313. The highest BCUT2D eigenvalue weighted by Crippen LogP contribution is 2.30. The van der Waals surface area contributed by atoms with E-state index < -0.39 is 12.4 Å². The van der Waals surface area contributed by atoms with Crippen molar-refractivity contribution in [2.75, 3.05) is 0 Å². The van der Waals surface area contributed by atoms with Gasteiger partial charge in [0.2, 0.25) is 0 Å². The molecule has 25 heavy (non-hydrogen) atoms. The van der Waals surface area contributed by atoms with Crippen LogP contribution in [0.1, 0.15) is 11.1 Å². The molecule has 1 aromatic heterocycles. The molecule has 3 nitrogen and oxygen atoms in total. The zero-order chi connectivity index (χ0) is 17.8. The maximum atomic E-state index is 14.4. The van der Waals surface area contributed by atoms with E-state index in [0.717, 1.165) is 5.56 Å². The number of hydrogen-bond donors (Lipinski definition) is 1. The summed E-state index contributed by atoms with van der Waals surface area (Å²) in [5.74, 6) is -0.864. The second kappa shape index (κ2) is 7.83. The Bertz CT molecular complexity index is 868. The van der Waals surface area contributed by atoms with E-state index in [1.165, 1.54) is 6.07 Å². The van der Waals surface area contributed by atoms with Crippen molar-refractivity contribution in [3.05, 3.63) is 81.6 Å². The van der Waals surface area contributed by atoms with E-state index in [0.29, 0.717) is 21.3 Å². The SMILES string of the molecule is OCc1cc(-c2cc(Cl)cc(Cl)c2)nc(OCc2ccccc2)c1F. The largest absolute Gasteiger partial charge is 0.471 e. The molecule has 0 saturated heterocycles. The quantitative estimate of drug-likeness (QED) is 0.658. The third-order valence-corrected chi connectivity index (χ3v) is 3.99. The lowest BCUT2D eigenvalue weighted by atomic mass is 10.1. The molecule has 0 spiro atoms. The average molecular weight is 378 g/mol. The van der Waals surface area contributed by atoms with Crippen LogP contribution in [0, 0.1) is 5.82 Å². The van der Waals surface area contributed by atoms with Gasteiger partial charge in [-0.1, -0.05) is 53.5 Å². The smallest absolute Gasteiger partial charge is 0.251 e. The van der Waals surface area contributed by atoms with Gasteiger partial charge in [-0.15, -0.1) is 0 Å². The summed E-state index contributed by atoms with van der Waals surface area (Å²) < 4.78 is 20.0. The van der Waals surface area contributed by atoms with Crippen LogP contribution < -0.4 is 4.74 Å². The van der Waals surface area contributed by atoms with E-state index in [1.54, 1.807) is 18.2 Å². The van der Waals surface area contributed by atoms with Gasteiger partial charge in [0.05, 0.1) is 12.3 Å². The minimum Gasteiger partial charge on any atom is -0.471 e. The minimum atomic E-state index is -0.685. The summed E-state index contributed by atoms with van der Waals surface area (Å²) in [4.78, 5) is 4.22. The van der Waals surface area contributed by atoms with Gasteiger partial charge < -0.3 is 9.84 Å². The van der Waals surface area contributed by atoms with Crippen molar-refractivity contribution in [1.82, 2.24) is 4.98 Å². The Hall–Kier alpha value is -2.14. The topological polar surface area (TPSA) is 42.4 Å². The number of halogens is 3. The van der Waals surface area contributed by atoms with Crippen molar-refractivity contribution in [3.8, 4) is 17.1 Å². The molecule has 1 heterocycles. The summed E-state index contributed by atoms with van der Waals surface area (Å²) in [7, 11) is 0. The first-order chi connectivity index (χ1) is 12.1. The second-order valence-corrected chi connectivity index (χ2v) is 6.25. The summed E-state index contributed by atoms with van der Waals surface area (Å²) in [5, 5.41) is 10.3. The first-order valence-corrected chi connectivity index (χ1v) is 8.26. The highest BCUT2D eigenvalue weighted by molar-refractivity contribution is 6.35. The van der Waals surface area contributed by atoms with Crippen LogP contribution in [0.15, 0.2) is 54.6 Å². The lowest BCUT2D eigenvalue weighted by molar-refractivity contribution is 0.257. The van der Waals surface area contributed by atoms with Gasteiger partial charge in [0.1, 0.15) is 6.61 Å². The van der Waals surface area contributed by atoms with Crippen molar-refractivity contribution in [2.24, 2.45) is 0 Å². The number of hydrogen-bond acceptors (Lipinski definition) is 3. The number of pyridine rings is 1. The normalized spacial score (nSPS) is 10.7. The highest BCUT2D eigenvalue weighted by Gasteiger charge is 2.15. The minimum absolute atomic E-state index is 0.0872. The Kier molecular flexibility index (Phi) is 5.53. The highest BCUT2D eigenvalue weighted by atomic mass is 35.5. The van der Waals surface area contributed by atoms with Crippen molar-refractivity contribution >= 4 is 23.2 Å². The van der Waals surface area contributed by atoms with Crippen molar-refractivity contribution < 1.29 is 14.2 Å². The summed E-state index contributed by atoms with van der Waals surface area (Å²) in [6, 6.07) is 15.7. The molecule has 1 N–H and O–H groups in total. The van der Waals surface area contributed by atoms with Gasteiger partial charge in [0.15, 0.2) is 5.82 Å². The van der Waals surface area contributed by atoms with E-state index in [-0.39, 0.29) is 18.1 Å². The fourth-order valence-electron chi connectivity index (χ4n) is 2.34. The van der Waals surface area contributed by atoms with Crippen LogP contribution in [0.4, 0.5) is 4.39 Å². The Labute approximate surface area is 154 Å². The predicted octanol–water partition coefficient (Wildman–Crippen LogP) is 5.27. The first-order valence-electron chi connectivity index (χ1n) is 7.50. The molecule has 0 unspecified atom stereocenters. The number of benzene rings is 2. The van der Waals surface area contributed by atoms with Gasteiger partial charge >= 0.3 is 0 Å².